The van der Waals surface area contributed by atoms with Crippen molar-refractivity contribution in [2.24, 2.45) is 0 Å². The predicted molar refractivity (Wildman–Crippen MR) is 104 cm³/mol. The van der Waals surface area contributed by atoms with Crippen LogP contribution in [0.4, 0.5) is 0 Å². The van der Waals surface area contributed by atoms with E-state index in [1.807, 2.05) is 26.0 Å². The normalized spacial score (nSPS) is 10.5. The zero-order chi connectivity index (χ0) is 19.9. The van der Waals surface area contributed by atoms with Gasteiger partial charge in [0.15, 0.2) is 11.8 Å². The molecule has 0 unspecified atom stereocenters. The Kier molecular flexibility index (Phi) is 6.44. The molecule has 3 rings (SSSR count). The van der Waals surface area contributed by atoms with E-state index in [1.54, 1.807) is 24.3 Å². The molecule has 0 spiro atoms. The molecule has 2 heterocycles. The van der Waals surface area contributed by atoms with Crippen molar-refractivity contribution in [1.82, 2.24) is 9.97 Å². The van der Waals surface area contributed by atoms with Crippen LogP contribution in [0.25, 0.3) is 0 Å². The van der Waals surface area contributed by atoms with Gasteiger partial charge in [0.2, 0.25) is 11.2 Å². The standard InChI is InChI=1S/C20H18N2O5S/c1-13-8-14(2)22-20(21-13)28-12-16-9-17(23)18(10-25-16)27-19(24)11-26-15-6-4-3-5-7-15/h3-10H,11-12H2,1-2H3. The zero-order valence-corrected chi connectivity index (χ0v) is 16.2. The smallest absolute Gasteiger partial charge is 0.349 e. The number of ether oxygens (including phenoxy) is 2. The first-order chi connectivity index (χ1) is 13.5. The molecular formula is C20H18N2O5S. The lowest BCUT2D eigenvalue weighted by atomic mass is 10.3. The van der Waals surface area contributed by atoms with Crippen molar-refractivity contribution in [3.05, 3.63) is 76.1 Å². The number of esters is 1. The summed E-state index contributed by atoms with van der Waals surface area (Å²) < 4.78 is 15.7. The van der Waals surface area contributed by atoms with E-state index in [2.05, 4.69) is 9.97 Å². The highest BCUT2D eigenvalue weighted by Crippen LogP contribution is 2.20. The van der Waals surface area contributed by atoms with Gasteiger partial charge in [-0.2, -0.15) is 0 Å². The van der Waals surface area contributed by atoms with Crippen LogP contribution < -0.4 is 14.9 Å². The molecule has 1 aromatic carbocycles. The lowest BCUT2D eigenvalue weighted by Crippen LogP contribution is -2.20. The van der Waals surface area contributed by atoms with Gasteiger partial charge in [0.1, 0.15) is 17.8 Å². The Labute approximate surface area is 165 Å². The summed E-state index contributed by atoms with van der Waals surface area (Å²) in [4.78, 5) is 32.6. The van der Waals surface area contributed by atoms with Gasteiger partial charge >= 0.3 is 5.97 Å². The van der Waals surface area contributed by atoms with Crippen LogP contribution in [0.5, 0.6) is 11.5 Å². The van der Waals surface area contributed by atoms with Gasteiger partial charge in [-0.05, 0) is 32.0 Å². The second-order valence-electron chi connectivity index (χ2n) is 5.87. The summed E-state index contributed by atoms with van der Waals surface area (Å²) in [6, 6.07) is 12.0. The van der Waals surface area contributed by atoms with Crippen LogP contribution in [0.2, 0.25) is 0 Å². The maximum absolute atomic E-state index is 12.2. The molecule has 0 aliphatic carbocycles. The van der Waals surface area contributed by atoms with E-state index < -0.39 is 11.4 Å². The van der Waals surface area contributed by atoms with Gasteiger partial charge in [-0.3, -0.25) is 4.79 Å². The van der Waals surface area contributed by atoms with E-state index in [9.17, 15) is 9.59 Å². The average Bonchev–Trinajstić information content (AvgIpc) is 2.67. The number of carbonyl (C=O) groups excluding carboxylic acids is 1. The number of thioether (sulfide) groups is 1. The van der Waals surface area contributed by atoms with Gasteiger partial charge in [0, 0.05) is 17.5 Å². The monoisotopic (exact) mass is 398 g/mol. The van der Waals surface area contributed by atoms with E-state index >= 15 is 0 Å². The molecule has 0 fully saturated rings. The van der Waals surface area contributed by atoms with Gasteiger partial charge in [-0.25, -0.2) is 14.8 Å². The van der Waals surface area contributed by atoms with Crippen molar-refractivity contribution >= 4 is 17.7 Å². The summed E-state index contributed by atoms with van der Waals surface area (Å²) in [5.74, 6) is 0.467. The first kappa shape index (κ1) is 19.6. The molecule has 0 radical (unpaired) electrons. The van der Waals surface area contributed by atoms with Gasteiger partial charge < -0.3 is 13.9 Å². The predicted octanol–water partition coefficient (Wildman–Crippen LogP) is 3.32. The van der Waals surface area contributed by atoms with Crippen LogP contribution >= 0.6 is 11.8 Å². The van der Waals surface area contributed by atoms with Crippen molar-refractivity contribution in [2.75, 3.05) is 6.61 Å². The molecule has 144 valence electrons. The number of benzene rings is 1. The van der Waals surface area contributed by atoms with Crippen LogP contribution in [0.1, 0.15) is 17.1 Å². The van der Waals surface area contributed by atoms with Crippen LogP contribution in [0.15, 0.2) is 63.1 Å². The summed E-state index contributed by atoms with van der Waals surface area (Å²) in [5, 5.41) is 0.605. The summed E-state index contributed by atoms with van der Waals surface area (Å²) in [5.41, 5.74) is 1.30. The molecule has 0 N–H and O–H groups in total. The molecule has 8 heteroatoms. The molecule has 0 amide bonds. The molecule has 0 aliphatic rings. The molecular weight excluding hydrogens is 380 g/mol. The fourth-order valence-electron chi connectivity index (χ4n) is 2.29. The first-order valence-electron chi connectivity index (χ1n) is 8.45. The summed E-state index contributed by atoms with van der Waals surface area (Å²) in [6.07, 6.45) is 1.13. The molecule has 2 aromatic heterocycles. The highest BCUT2D eigenvalue weighted by atomic mass is 32.2. The van der Waals surface area contributed by atoms with Crippen molar-refractivity contribution in [3.8, 4) is 11.5 Å². The van der Waals surface area contributed by atoms with Gasteiger partial charge in [-0.15, -0.1) is 0 Å². The molecule has 0 aliphatic heterocycles. The van der Waals surface area contributed by atoms with E-state index in [-0.39, 0.29) is 12.4 Å². The Balaban J connectivity index is 1.56. The third kappa shape index (κ3) is 5.68. The average molecular weight is 398 g/mol. The number of hydrogen-bond acceptors (Lipinski definition) is 8. The lowest BCUT2D eigenvalue weighted by Gasteiger charge is -2.06. The largest absolute Gasteiger partial charge is 0.482 e. The minimum atomic E-state index is -0.693. The Morgan fingerprint density at radius 2 is 1.82 bits per heavy atom. The Hall–Kier alpha value is -3.13. The second kappa shape index (κ2) is 9.18. The van der Waals surface area contributed by atoms with Crippen LogP contribution in [0, 0.1) is 13.8 Å². The topological polar surface area (TPSA) is 91.5 Å². The number of para-hydroxylation sites is 1. The highest BCUT2D eigenvalue weighted by Gasteiger charge is 2.12. The number of rotatable bonds is 7. The summed E-state index contributed by atoms with van der Waals surface area (Å²) in [6.45, 7) is 3.47. The third-order valence-electron chi connectivity index (χ3n) is 3.48. The van der Waals surface area contributed by atoms with Crippen molar-refractivity contribution in [3.63, 3.8) is 0 Å². The SMILES string of the molecule is Cc1cc(C)nc(SCc2cc(=O)c(OC(=O)COc3ccccc3)co2)n1. The van der Waals surface area contributed by atoms with Crippen molar-refractivity contribution in [2.45, 2.75) is 24.8 Å². The minimum absolute atomic E-state index is 0.182. The first-order valence-corrected chi connectivity index (χ1v) is 9.43. The van der Waals surface area contributed by atoms with Gasteiger partial charge in [-0.1, -0.05) is 30.0 Å². The lowest BCUT2D eigenvalue weighted by molar-refractivity contribution is -0.136. The van der Waals surface area contributed by atoms with Crippen molar-refractivity contribution in [1.29, 1.82) is 0 Å². The van der Waals surface area contributed by atoms with E-state index in [0.717, 1.165) is 17.7 Å². The summed E-state index contributed by atoms with van der Waals surface area (Å²) in [7, 11) is 0. The van der Waals surface area contributed by atoms with Crippen molar-refractivity contribution < 1.29 is 18.7 Å². The second-order valence-corrected chi connectivity index (χ2v) is 6.82. The molecule has 0 bridgehead atoms. The van der Waals surface area contributed by atoms with Crippen LogP contribution in [0.3, 0.4) is 0 Å². The number of hydrogen-bond donors (Lipinski definition) is 0. The fourth-order valence-corrected chi connectivity index (χ4v) is 3.13. The Bertz CT molecular complexity index is 1000. The van der Waals surface area contributed by atoms with E-state index in [1.165, 1.54) is 17.8 Å². The van der Waals surface area contributed by atoms with Crippen LogP contribution in [-0.2, 0) is 10.5 Å². The number of carbonyl (C=O) groups is 1. The molecule has 7 nitrogen and oxygen atoms in total. The summed E-state index contributed by atoms with van der Waals surface area (Å²) >= 11 is 1.35. The maximum atomic E-state index is 12.2. The Morgan fingerprint density at radius 1 is 1.11 bits per heavy atom. The minimum Gasteiger partial charge on any atom is -0.482 e. The van der Waals surface area contributed by atoms with Crippen LogP contribution in [-0.4, -0.2) is 22.5 Å². The third-order valence-corrected chi connectivity index (χ3v) is 4.35. The Morgan fingerprint density at radius 3 is 2.50 bits per heavy atom. The zero-order valence-electron chi connectivity index (χ0n) is 15.4. The number of aryl methyl sites for hydroxylation is 2. The molecule has 28 heavy (non-hydrogen) atoms. The molecule has 0 saturated heterocycles. The van der Waals surface area contributed by atoms with E-state index in [0.29, 0.717) is 22.4 Å². The fraction of sp³-hybridized carbons (Fsp3) is 0.200. The number of aromatic nitrogens is 2. The highest BCUT2D eigenvalue weighted by molar-refractivity contribution is 7.98. The van der Waals surface area contributed by atoms with E-state index in [4.69, 9.17) is 13.9 Å². The molecule has 0 atom stereocenters. The maximum Gasteiger partial charge on any atom is 0.349 e. The molecule has 0 saturated carbocycles. The van der Waals surface area contributed by atoms with Gasteiger partial charge in [0.05, 0.1) is 5.75 Å². The molecule has 3 aromatic rings. The van der Waals surface area contributed by atoms with Gasteiger partial charge in [0.25, 0.3) is 0 Å². The number of nitrogens with zero attached hydrogens (tertiary/aromatic N) is 2. The quantitative estimate of drug-likeness (QED) is 0.340.